The summed E-state index contributed by atoms with van der Waals surface area (Å²) in [5.74, 6) is 1.69. The maximum Gasteiger partial charge on any atom is 0.119 e. The molecule has 0 fully saturated rings. The van der Waals surface area contributed by atoms with Gasteiger partial charge in [0.15, 0.2) is 0 Å². The summed E-state index contributed by atoms with van der Waals surface area (Å²) in [6, 6.07) is 8.37. The van der Waals surface area contributed by atoms with E-state index in [1.807, 2.05) is 12.1 Å². The van der Waals surface area contributed by atoms with Crippen molar-refractivity contribution >= 4 is 5.69 Å². The van der Waals surface area contributed by atoms with Gasteiger partial charge in [0.2, 0.25) is 0 Å². The Kier molecular flexibility index (Phi) is 7.96. The molecular formula is C19H31NO. The van der Waals surface area contributed by atoms with Gasteiger partial charge in [0.1, 0.15) is 5.75 Å². The zero-order valence-corrected chi connectivity index (χ0v) is 14.4. The van der Waals surface area contributed by atoms with Crippen LogP contribution in [0.2, 0.25) is 0 Å². The average molecular weight is 289 g/mol. The van der Waals surface area contributed by atoms with E-state index >= 15 is 0 Å². The number of nitrogens with zero attached hydrogens (tertiary/aromatic N) is 1. The van der Waals surface area contributed by atoms with Crippen molar-refractivity contribution in [3.05, 3.63) is 35.9 Å². The summed E-state index contributed by atoms with van der Waals surface area (Å²) in [6.07, 6.45) is 6.08. The number of rotatable bonds is 9. The van der Waals surface area contributed by atoms with Crippen LogP contribution < -0.4 is 9.64 Å². The molecule has 21 heavy (non-hydrogen) atoms. The van der Waals surface area contributed by atoms with Crippen molar-refractivity contribution in [1.29, 1.82) is 0 Å². The van der Waals surface area contributed by atoms with Crippen molar-refractivity contribution < 1.29 is 4.74 Å². The molecule has 0 N–H and O–H groups in total. The van der Waals surface area contributed by atoms with Gasteiger partial charge in [-0.05, 0) is 70.2 Å². The van der Waals surface area contributed by atoms with Gasteiger partial charge in [-0.1, -0.05) is 18.6 Å². The molecular weight excluding hydrogens is 258 g/mol. The Morgan fingerprint density at radius 1 is 1.19 bits per heavy atom. The molecule has 1 aromatic rings. The minimum absolute atomic E-state index is 0.771. The molecule has 0 amide bonds. The van der Waals surface area contributed by atoms with E-state index in [2.05, 4.69) is 50.8 Å². The van der Waals surface area contributed by atoms with Crippen LogP contribution >= 0.6 is 0 Å². The van der Waals surface area contributed by atoms with Crippen molar-refractivity contribution in [3.63, 3.8) is 0 Å². The Morgan fingerprint density at radius 2 is 1.86 bits per heavy atom. The molecule has 1 rings (SSSR count). The molecule has 0 radical (unpaired) electrons. The molecule has 1 aromatic carbocycles. The SMILES string of the molecule is CCN(CCC(C)CCC=C(C)C)c1ccc(OC)cc1. The maximum absolute atomic E-state index is 5.22. The highest BCUT2D eigenvalue weighted by atomic mass is 16.5. The fourth-order valence-corrected chi connectivity index (χ4v) is 2.44. The fraction of sp³-hybridized carbons (Fsp3) is 0.579. The lowest BCUT2D eigenvalue weighted by atomic mass is 10.0. The number of benzene rings is 1. The number of ether oxygens (including phenoxy) is 1. The largest absolute Gasteiger partial charge is 0.497 e. The molecule has 0 bridgehead atoms. The number of hydrogen-bond donors (Lipinski definition) is 0. The second kappa shape index (κ2) is 9.49. The third-order valence-electron chi connectivity index (χ3n) is 3.92. The van der Waals surface area contributed by atoms with E-state index in [0.29, 0.717) is 0 Å². The summed E-state index contributed by atoms with van der Waals surface area (Å²) in [4.78, 5) is 2.44. The Labute approximate surface area is 130 Å². The summed E-state index contributed by atoms with van der Waals surface area (Å²) >= 11 is 0. The topological polar surface area (TPSA) is 12.5 Å². The van der Waals surface area contributed by atoms with E-state index in [4.69, 9.17) is 4.74 Å². The fourth-order valence-electron chi connectivity index (χ4n) is 2.44. The smallest absolute Gasteiger partial charge is 0.119 e. The van der Waals surface area contributed by atoms with Gasteiger partial charge < -0.3 is 9.64 Å². The Morgan fingerprint density at radius 3 is 2.38 bits per heavy atom. The zero-order valence-electron chi connectivity index (χ0n) is 14.4. The summed E-state index contributed by atoms with van der Waals surface area (Å²) < 4.78 is 5.22. The van der Waals surface area contributed by atoms with Crippen LogP contribution in [0.5, 0.6) is 5.75 Å². The normalized spacial score (nSPS) is 11.9. The van der Waals surface area contributed by atoms with Crippen LogP contribution in [0.4, 0.5) is 5.69 Å². The highest BCUT2D eigenvalue weighted by Crippen LogP contribution is 2.21. The second-order valence-electron chi connectivity index (χ2n) is 6.03. The third-order valence-corrected chi connectivity index (χ3v) is 3.92. The molecule has 1 unspecified atom stereocenters. The van der Waals surface area contributed by atoms with Gasteiger partial charge in [-0.3, -0.25) is 0 Å². The van der Waals surface area contributed by atoms with Crippen molar-refractivity contribution in [2.75, 3.05) is 25.1 Å². The summed E-state index contributed by atoms with van der Waals surface area (Å²) in [5.41, 5.74) is 2.71. The first-order chi connectivity index (χ1) is 10.1. The van der Waals surface area contributed by atoms with Crippen LogP contribution in [-0.2, 0) is 0 Å². The predicted molar refractivity (Wildman–Crippen MR) is 93.3 cm³/mol. The Balaban J connectivity index is 2.44. The summed E-state index contributed by atoms with van der Waals surface area (Å²) in [7, 11) is 1.71. The van der Waals surface area contributed by atoms with Crippen molar-refractivity contribution in [2.24, 2.45) is 5.92 Å². The standard InChI is InChI=1S/C19H31NO/c1-6-20(18-10-12-19(21-5)13-11-18)15-14-17(4)9-7-8-16(2)3/h8,10-13,17H,6-7,9,14-15H2,1-5H3. The molecule has 0 saturated carbocycles. The van der Waals surface area contributed by atoms with E-state index < -0.39 is 0 Å². The number of anilines is 1. The van der Waals surface area contributed by atoms with Crippen molar-refractivity contribution in [1.82, 2.24) is 0 Å². The predicted octanol–water partition coefficient (Wildman–Crippen LogP) is 5.29. The van der Waals surface area contributed by atoms with Crippen LogP contribution in [0.15, 0.2) is 35.9 Å². The van der Waals surface area contributed by atoms with E-state index in [1.54, 1.807) is 7.11 Å². The average Bonchev–Trinajstić information content (AvgIpc) is 2.48. The van der Waals surface area contributed by atoms with Crippen LogP contribution in [0, 0.1) is 5.92 Å². The first kappa shape index (κ1) is 17.6. The molecule has 0 aliphatic rings. The van der Waals surface area contributed by atoms with Crippen LogP contribution in [-0.4, -0.2) is 20.2 Å². The van der Waals surface area contributed by atoms with Gasteiger partial charge >= 0.3 is 0 Å². The number of hydrogen-bond acceptors (Lipinski definition) is 2. The second-order valence-corrected chi connectivity index (χ2v) is 6.03. The first-order valence-electron chi connectivity index (χ1n) is 8.09. The van der Waals surface area contributed by atoms with E-state index in [1.165, 1.54) is 30.5 Å². The highest BCUT2D eigenvalue weighted by Gasteiger charge is 2.07. The molecule has 0 aliphatic carbocycles. The molecule has 1 atom stereocenters. The first-order valence-corrected chi connectivity index (χ1v) is 8.09. The molecule has 2 nitrogen and oxygen atoms in total. The molecule has 0 saturated heterocycles. The van der Waals surface area contributed by atoms with E-state index in [0.717, 1.165) is 24.8 Å². The molecule has 2 heteroatoms. The highest BCUT2D eigenvalue weighted by molar-refractivity contribution is 5.48. The van der Waals surface area contributed by atoms with E-state index in [-0.39, 0.29) is 0 Å². The van der Waals surface area contributed by atoms with Gasteiger partial charge in [-0.25, -0.2) is 0 Å². The zero-order chi connectivity index (χ0) is 15.7. The molecule has 0 aromatic heterocycles. The molecule has 0 heterocycles. The van der Waals surface area contributed by atoms with Gasteiger partial charge in [0.25, 0.3) is 0 Å². The Hall–Kier alpha value is -1.44. The quantitative estimate of drug-likeness (QED) is 0.572. The Bertz CT molecular complexity index is 418. The van der Waals surface area contributed by atoms with Crippen LogP contribution in [0.1, 0.15) is 47.0 Å². The maximum atomic E-state index is 5.22. The van der Waals surface area contributed by atoms with Gasteiger partial charge in [-0.2, -0.15) is 0 Å². The van der Waals surface area contributed by atoms with Crippen LogP contribution in [0.25, 0.3) is 0 Å². The van der Waals surface area contributed by atoms with Gasteiger partial charge in [0.05, 0.1) is 7.11 Å². The van der Waals surface area contributed by atoms with E-state index in [9.17, 15) is 0 Å². The molecule has 118 valence electrons. The molecule has 0 aliphatic heterocycles. The van der Waals surface area contributed by atoms with Gasteiger partial charge in [-0.15, -0.1) is 0 Å². The minimum atomic E-state index is 0.771. The van der Waals surface area contributed by atoms with Crippen molar-refractivity contribution in [2.45, 2.75) is 47.0 Å². The summed E-state index contributed by atoms with van der Waals surface area (Å²) in [5, 5.41) is 0. The van der Waals surface area contributed by atoms with Crippen molar-refractivity contribution in [3.8, 4) is 5.75 Å². The summed E-state index contributed by atoms with van der Waals surface area (Å²) in [6.45, 7) is 11.1. The third kappa shape index (κ3) is 6.70. The lowest BCUT2D eigenvalue weighted by molar-refractivity contribution is 0.415. The lowest BCUT2D eigenvalue weighted by Crippen LogP contribution is -2.25. The monoisotopic (exact) mass is 289 g/mol. The number of methoxy groups -OCH3 is 1. The molecule has 0 spiro atoms. The van der Waals surface area contributed by atoms with Gasteiger partial charge in [0, 0.05) is 18.8 Å². The number of allylic oxidation sites excluding steroid dienone is 2. The minimum Gasteiger partial charge on any atom is -0.497 e. The lowest BCUT2D eigenvalue weighted by Gasteiger charge is -2.25. The van der Waals surface area contributed by atoms with Crippen LogP contribution in [0.3, 0.4) is 0 Å².